The SMILES string of the molecule is CCCC(C)OC(CNCC)c1ccc(F)cc1. The van der Waals surface area contributed by atoms with Crippen molar-refractivity contribution in [3.8, 4) is 0 Å². The molecule has 0 spiro atoms. The first-order valence-corrected chi connectivity index (χ1v) is 6.79. The summed E-state index contributed by atoms with van der Waals surface area (Å²) in [6, 6.07) is 6.58. The van der Waals surface area contributed by atoms with Crippen LogP contribution in [0.15, 0.2) is 24.3 Å². The third kappa shape index (κ3) is 5.15. The van der Waals surface area contributed by atoms with Crippen molar-refractivity contribution in [1.82, 2.24) is 5.32 Å². The minimum absolute atomic E-state index is 0.00731. The van der Waals surface area contributed by atoms with Crippen molar-refractivity contribution in [2.75, 3.05) is 13.1 Å². The first-order chi connectivity index (χ1) is 8.67. The number of benzene rings is 1. The summed E-state index contributed by atoms with van der Waals surface area (Å²) in [6.45, 7) is 7.97. The van der Waals surface area contributed by atoms with Gasteiger partial charge in [-0.2, -0.15) is 0 Å². The van der Waals surface area contributed by atoms with Gasteiger partial charge in [-0.25, -0.2) is 4.39 Å². The highest BCUT2D eigenvalue weighted by Gasteiger charge is 2.15. The van der Waals surface area contributed by atoms with E-state index in [1.165, 1.54) is 12.1 Å². The second-order valence-electron chi connectivity index (χ2n) is 4.58. The average Bonchev–Trinajstić information content (AvgIpc) is 2.36. The van der Waals surface area contributed by atoms with E-state index in [4.69, 9.17) is 4.74 Å². The highest BCUT2D eigenvalue weighted by Crippen LogP contribution is 2.20. The monoisotopic (exact) mass is 253 g/mol. The van der Waals surface area contributed by atoms with Gasteiger partial charge < -0.3 is 10.1 Å². The summed E-state index contributed by atoms with van der Waals surface area (Å²) in [4.78, 5) is 0. The Bertz CT molecular complexity index is 326. The molecule has 3 heteroatoms. The maximum atomic E-state index is 12.9. The Morgan fingerprint density at radius 2 is 1.89 bits per heavy atom. The van der Waals surface area contributed by atoms with E-state index in [9.17, 15) is 4.39 Å². The Hall–Kier alpha value is -0.930. The maximum Gasteiger partial charge on any atom is 0.123 e. The molecule has 1 aromatic rings. The van der Waals surface area contributed by atoms with Crippen LogP contribution in [0.2, 0.25) is 0 Å². The Labute approximate surface area is 110 Å². The van der Waals surface area contributed by atoms with E-state index in [1.807, 2.05) is 0 Å². The zero-order chi connectivity index (χ0) is 13.4. The van der Waals surface area contributed by atoms with E-state index < -0.39 is 0 Å². The van der Waals surface area contributed by atoms with Crippen LogP contribution in [0.4, 0.5) is 4.39 Å². The van der Waals surface area contributed by atoms with E-state index in [1.54, 1.807) is 12.1 Å². The lowest BCUT2D eigenvalue weighted by Gasteiger charge is -2.23. The molecular formula is C15H24FNO. The van der Waals surface area contributed by atoms with Crippen molar-refractivity contribution in [3.63, 3.8) is 0 Å². The number of nitrogens with one attached hydrogen (secondary N) is 1. The highest BCUT2D eigenvalue weighted by molar-refractivity contribution is 5.19. The normalized spacial score (nSPS) is 14.4. The van der Waals surface area contributed by atoms with E-state index in [-0.39, 0.29) is 18.0 Å². The fraction of sp³-hybridized carbons (Fsp3) is 0.600. The van der Waals surface area contributed by atoms with Crippen LogP contribution in [-0.4, -0.2) is 19.2 Å². The Morgan fingerprint density at radius 3 is 2.44 bits per heavy atom. The molecule has 0 bridgehead atoms. The second-order valence-corrected chi connectivity index (χ2v) is 4.58. The molecule has 2 nitrogen and oxygen atoms in total. The van der Waals surface area contributed by atoms with Gasteiger partial charge in [-0.15, -0.1) is 0 Å². The van der Waals surface area contributed by atoms with Crippen molar-refractivity contribution >= 4 is 0 Å². The minimum atomic E-state index is -0.206. The van der Waals surface area contributed by atoms with Gasteiger partial charge in [0.25, 0.3) is 0 Å². The summed E-state index contributed by atoms with van der Waals surface area (Å²) in [5.74, 6) is -0.206. The first kappa shape index (κ1) is 15.1. The molecule has 0 fully saturated rings. The zero-order valence-electron chi connectivity index (χ0n) is 11.6. The lowest BCUT2D eigenvalue weighted by Crippen LogP contribution is -2.25. The van der Waals surface area contributed by atoms with Gasteiger partial charge in [0, 0.05) is 6.54 Å². The lowest BCUT2D eigenvalue weighted by atomic mass is 10.1. The third-order valence-electron chi connectivity index (χ3n) is 2.91. The lowest BCUT2D eigenvalue weighted by molar-refractivity contribution is -0.00699. The number of ether oxygens (including phenoxy) is 1. The van der Waals surface area contributed by atoms with Gasteiger partial charge in [-0.05, 0) is 37.6 Å². The van der Waals surface area contributed by atoms with Gasteiger partial charge in [0.05, 0.1) is 12.2 Å². The molecule has 1 N–H and O–H groups in total. The van der Waals surface area contributed by atoms with E-state index in [2.05, 4.69) is 26.1 Å². The molecule has 0 radical (unpaired) electrons. The molecule has 0 aliphatic heterocycles. The molecule has 0 saturated carbocycles. The van der Waals surface area contributed by atoms with Gasteiger partial charge in [0.15, 0.2) is 0 Å². The van der Waals surface area contributed by atoms with Crippen molar-refractivity contribution < 1.29 is 9.13 Å². The summed E-state index contributed by atoms with van der Waals surface area (Å²) in [5, 5.41) is 3.29. The number of likely N-dealkylation sites (N-methyl/N-ethyl adjacent to an activating group) is 1. The molecule has 1 aromatic carbocycles. The molecule has 0 heterocycles. The molecule has 0 aliphatic carbocycles. The molecule has 102 valence electrons. The zero-order valence-corrected chi connectivity index (χ0v) is 11.6. The fourth-order valence-corrected chi connectivity index (χ4v) is 1.95. The van der Waals surface area contributed by atoms with Crippen LogP contribution in [0.5, 0.6) is 0 Å². The van der Waals surface area contributed by atoms with Crippen LogP contribution < -0.4 is 5.32 Å². The summed E-state index contributed by atoms with van der Waals surface area (Å²) >= 11 is 0. The largest absolute Gasteiger partial charge is 0.369 e. The minimum Gasteiger partial charge on any atom is -0.369 e. The predicted octanol–water partition coefficient (Wildman–Crippen LogP) is 3.68. The Morgan fingerprint density at radius 1 is 1.22 bits per heavy atom. The molecule has 1 rings (SSSR count). The Balaban J connectivity index is 2.67. The van der Waals surface area contributed by atoms with E-state index in [0.29, 0.717) is 0 Å². The summed E-state index contributed by atoms with van der Waals surface area (Å²) in [6.07, 6.45) is 2.37. The smallest absolute Gasteiger partial charge is 0.123 e. The third-order valence-corrected chi connectivity index (χ3v) is 2.91. The maximum absolute atomic E-state index is 12.9. The summed E-state index contributed by atoms with van der Waals surface area (Å²) in [5.41, 5.74) is 1.03. The molecule has 0 amide bonds. The second kappa shape index (κ2) is 8.22. The van der Waals surface area contributed by atoms with E-state index >= 15 is 0 Å². The molecule has 0 saturated heterocycles. The van der Waals surface area contributed by atoms with Crippen molar-refractivity contribution in [1.29, 1.82) is 0 Å². The molecule has 0 aromatic heterocycles. The molecule has 2 atom stereocenters. The molecule has 18 heavy (non-hydrogen) atoms. The van der Waals surface area contributed by atoms with Crippen LogP contribution >= 0.6 is 0 Å². The van der Waals surface area contributed by atoms with E-state index in [0.717, 1.165) is 31.5 Å². The number of rotatable bonds is 8. The van der Waals surface area contributed by atoms with Crippen LogP contribution in [0, 0.1) is 5.82 Å². The summed E-state index contributed by atoms with van der Waals surface area (Å²) < 4.78 is 19.0. The van der Waals surface area contributed by atoms with Crippen LogP contribution in [0.1, 0.15) is 45.3 Å². The number of hydrogen-bond donors (Lipinski definition) is 1. The number of halogens is 1. The average molecular weight is 253 g/mol. The van der Waals surface area contributed by atoms with Gasteiger partial charge in [-0.1, -0.05) is 32.4 Å². The van der Waals surface area contributed by atoms with Crippen LogP contribution in [0.25, 0.3) is 0 Å². The highest BCUT2D eigenvalue weighted by atomic mass is 19.1. The van der Waals surface area contributed by atoms with Gasteiger partial charge in [-0.3, -0.25) is 0 Å². The van der Waals surface area contributed by atoms with Gasteiger partial charge >= 0.3 is 0 Å². The number of hydrogen-bond acceptors (Lipinski definition) is 2. The van der Waals surface area contributed by atoms with Gasteiger partial charge in [0.2, 0.25) is 0 Å². The van der Waals surface area contributed by atoms with Crippen molar-refractivity contribution in [2.45, 2.75) is 45.8 Å². The van der Waals surface area contributed by atoms with Crippen LogP contribution in [-0.2, 0) is 4.74 Å². The Kier molecular flexibility index (Phi) is 6.91. The molecular weight excluding hydrogens is 229 g/mol. The molecule has 2 unspecified atom stereocenters. The standard InChI is InChI=1S/C15H24FNO/c1-4-6-12(3)18-15(11-17-5-2)13-7-9-14(16)10-8-13/h7-10,12,15,17H,4-6,11H2,1-3H3. The van der Waals surface area contributed by atoms with Crippen molar-refractivity contribution in [2.24, 2.45) is 0 Å². The molecule has 0 aliphatic rings. The predicted molar refractivity (Wildman–Crippen MR) is 73.1 cm³/mol. The summed E-state index contributed by atoms with van der Waals surface area (Å²) in [7, 11) is 0. The van der Waals surface area contributed by atoms with Crippen LogP contribution in [0.3, 0.4) is 0 Å². The quantitative estimate of drug-likeness (QED) is 0.763. The van der Waals surface area contributed by atoms with Crippen molar-refractivity contribution in [3.05, 3.63) is 35.6 Å². The van der Waals surface area contributed by atoms with Gasteiger partial charge in [0.1, 0.15) is 5.82 Å². The topological polar surface area (TPSA) is 21.3 Å². The first-order valence-electron chi connectivity index (χ1n) is 6.79. The fourth-order valence-electron chi connectivity index (χ4n) is 1.95.